The summed E-state index contributed by atoms with van der Waals surface area (Å²) in [6, 6.07) is 16.4. The molecule has 0 radical (unpaired) electrons. The Balaban J connectivity index is 2.08. The van der Waals surface area contributed by atoms with Crippen molar-refractivity contribution >= 4 is 21.7 Å². The van der Waals surface area contributed by atoms with Gasteiger partial charge in [-0.2, -0.15) is 0 Å². The molecule has 0 saturated heterocycles. The third kappa shape index (κ3) is 3.28. The van der Waals surface area contributed by atoms with Gasteiger partial charge in [0.1, 0.15) is 0 Å². The number of benzene rings is 2. The predicted molar refractivity (Wildman–Crippen MR) is 74.5 cm³/mol. The second-order valence-electron chi connectivity index (χ2n) is 4.06. The molecular weight excluding hydrogens is 292 g/mol. The van der Waals surface area contributed by atoms with Crippen molar-refractivity contribution in [3.8, 4) is 0 Å². The number of halogens is 1. The van der Waals surface area contributed by atoms with Crippen molar-refractivity contribution in [3.05, 3.63) is 70.2 Å². The first-order valence-corrected chi connectivity index (χ1v) is 6.48. The molecule has 0 saturated carbocycles. The first-order chi connectivity index (χ1) is 8.66. The Labute approximate surface area is 114 Å². The highest BCUT2D eigenvalue weighted by Gasteiger charge is 2.14. The summed E-state index contributed by atoms with van der Waals surface area (Å²) in [5.74, 6) is -0.0624. The van der Waals surface area contributed by atoms with E-state index in [1.165, 1.54) is 0 Å². The van der Waals surface area contributed by atoms with Gasteiger partial charge in [0.05, 0.1) is 6.10 Å². The second kappa shape index (κ2) is 5.94. The molecule has 0 aromatic heterocycles. The Bertz CT molecular complexity index is 537. The van der Waals surface area contributed by atoms with Gasteiger partial charge in [-0.1, -0.05) is 58.4 Å². The number of carbonyl (C=O) groups excluding carboxylic acids is 1. The van der Waals surface area contributed by atoms with Crippen molar-refractivity contribution in [2.75, 3.05) is 0 Å². The van der Waals surface area contributed by atoms with Crippen LogP contribution < -0.4 is 0 Å². The molecule has 0 amide bonds. The van der Waals surface area contributed by atoms with E-state index in [2.05, 4.69) is 15.9 Å². The average molecular weight is 305 g/mol. The first kappa shape index (κ1) is 13.0. The summed E-state index contributed by atoms with van der Waals surface area (Å²) in [6.45, 7) is 0. The fourth-order valence-electron chi connectivity index (χ4n) is 1.75. The lowest BCUT2D eigenvalue weighted by Crippen LogP contribution is -2.07. The van der Waals surface area contributed by atoms with Crippen LogP contribution in [0, 0.1) is 0 Å². The summed E-state index contributed by atoms with van der Waals surface area (Å²) in [5, 5.41) is 9.99. The highest BCUT2D eigenvalue weighted by Crippen LogP contribution is 2.20. The van der Waals surface area contributed by atoms with E-state index in [9.17, 15) is 9.90 Å². The van der Waals surface area contributed by atoms with Crippen LogP contribution in [0.5, 0.6) is 0 Å². The number of hydrogen-bond donors (Lipinski definition) is 1. The Hall–Kier alpha value is -1.45. The zero-order valence-electron chi connectivity index (χ0n) is 9.71. The lowest BCUT2D eigenvalue weighted by Gasteiger charge is -2.10. The molecule has 0 aliphatic carbocycles. The van der Waals surface area contributed by atoms with Gasteiger partial charge >= 0.3 is 0 Å². The molecule has 0 aliphatic heterocycles. The highest BCUT2D eigenvalue weighted by atomic mass is 79.9. The average Bonchev–Trinajstić information content (AvgIpc) is 2.39. The van der Waals surface area contributed by atoms with Crippen molar-refractivity contribution in [3.63, 3.8) is 0 Å². The predicted octanol–water partition coefficient (Wildman–Crippen LogP) is 3.76. The van der Waals surface area contributed by atoms with Crippen molar-refractivity contribution in [1.29, 1.82) is 0 Å². The van der Waals surface area contributed by atoms with Crippen molar-refractivity contribution in [2.45, 2.75) is 12.5 Å². The topological polar surface area (TPSA) is 37.3 Å². The molecule has 1 unspecified atom stereocenters. The molecule has 3 heteroatoms. The Morgan fingerprint density at radius 3 is 2.50 bits per heavy atom. The van der Waals surface area contributed by atoms with E-state index in [1.807, 2.05) is 42.5 Å². The van der Waals surface area contributed by atoms with Gasteiger partial charge in [0.25, 0.3) is 0 Å². The minimum atomic E-state index is -0.752. The molecule has 92 valence electrons. The summed E-state index contributed by atoms with van der Waals surface area (Å²) in [7, 11) is 0. The lowest BCUT2D eigenvalue weighted by atomic mass is 10.0. The van der Waals surface area contributed by atoms with Gasteiger partial charge < -0.3 is 5.11 Å². The van der Waals surface area contributed by atoms with Gasteiger partial charge in [-0.15, -0.1) is 0 Å². The maximum Gasteiger partial charge on any atom is 0.165 e. The molecule has 2 nitrogen and oxygen atoms in total. The zero-order chi connectivity index (χ0) is 13.0. The largest absolute Gasteiger partial charge is 0.388 e. The van der Waals surface area contributed by atoms with Crippen LogP contribution in [0.1, 0.15) is 28.4 Å². The maximum atomic E-state index is 12.0. The molecule has 0 heterocycles. The van der Waals surface area contributed by atoms with Gasteiger partial charge in [-0.05, 0) is 17.7 Å². The molecule has 0 spiro atoms. The third-order valence-corrected chi connectivity index (χ3v) is 3.20. The van der Waals surface area contributed by atoms with E-state index in [0.717, 1.165) is 10.0 Å². The molecule has 18 heavy (non-hydrogen) atoms. The van der Waals surface area contributed by atoms with Crippen LogP contribution in [0.4, 0.5) is 0 Å². The number of Topliss-reactive ketones (excluding diaryl/α,β-unsaturated/α-hetero) is 1. The normalized spacial score (nSPS) is 12.1. The molecule has 0 aliphatic rings. The summed E-state index contributed by atoms with van der Waals surface area (Å²) in [4.78, 5) is 12.0. The Kier molecular flexibility index (Phi) is 4.28. The van der Waals surface area contributed by atoms with Gasteiger partial charge in [0.15, 0.2) is 5.78 Å². The fraction of sp³-hybridized carbons (Fsp3) is 0.133. The number of aliphatic hydroxyl groups excluding tert-OH is 1. The van der Waals surface area contributed by atoms with E-state index in [4.69, 9.17) is 0 Å². The number of carbonyl (C=O) groups is 1. The highest BCUT2D eigenvalue weighted by molar-refractivity contribution is 9.10. The Morgan fingerprint density at radius 2 is 1.83 bits per heavy atom. The summed E-state index contributed by atoms with van der Waals surface area (Å²) >= 11 is 3.33. The molecular formula is C15H13BrO2. The molecule has 1 atom stereocenters. The minimum Gasteiger partial charge on any atom is -0.388 e. The smallest absolute Gasteiger partial charge is 0.165 e. The number of aliphatic hydroxyl groups is 1. The first-order valence-electron chi connectivity index (χ1n) is 5.68. The van der Waals surface area contributed by atoms with Crippen molar-refractivity contribution in [2.24, 2.45) is 0 Å². The van der Waals surface area contributed by atoms with Gasteiger partial charge in [-0.3, -0.25) is 4.79 Å². The SMILES string of the molecule is O=C(CC(O)c1ccccc1)c1cccc(Br)c1. The quantitative estimate of drug-likeness (QED) is 0.873. The molecule has 2 aromatic carbocycles. The van der Waals surface area contributed by atoms with Crippen LogP contribution in [0.3, 0.4) is 0 Å². The standard InChI is InChI=1S/C15H13BrO2/c16-13-8-4-7-12(9-13)15(18)10-14(17)11-5-2-1-3-6-11/h1-9,14,17H,10H2. The van der Waals surface area contributed by atoms with E-state index >= 15 is 0 Å². The molecule has 2 rings (SSSR count). The second-order valence-corrected chi connectivity index (χ2v) is 4.98. The van der Waals surface area contributed by atoms with Crippen LogP contribution in [-0.4, -0.2) is 10.9 Å². The summed E-state index contributed by atoms with van der Waals surface area (Å²) in [5.41, 5.74) is 1.38. The summed E-state index contributed by atoms with van der Waals surface area (Å²) < 4.78 is 0.863. The third-order valence-electron chi connectivity index (χ3n) is 2.71. The van der Waals surface area contributed by atoms with Gasteiger partial charge in [0.2, 0.25) is 0 Å². The van der Waals surface area contributed by atoms with Crippen molar-refractivity contribution < 1.29 is 9.90 Å². The monoisotopic (exact) mass is 304 g/mol. The van der Waals surface area contributed by atoms with E-state index < -0.39 is 6.10 Å². The van der Waals surface area contributed by atoms with E-state index in [0.29, 0.717) is 5.56 Å². The summed E-state index contributed by atoms with van der Waals surface area (Å²) in [6.07, 6.45) is -0.654. The molecule has 0 bridgehead atoms. The van der Waals surface area contributed by atoms with Crippen LogP contribution >= 0.6 is 15.9 Å². The zero-order valence-corrected chi connectivity index (χ0v) is 11.3. The van der Waals surface area contributed by atoms with Crippen LogP contribution in [0.2, 0.25) is 0 Å². The van der Waals surface area contributed by atoms with Crippen LogP contribution in [0.25, 0.3) is 0 Å². The number of ketones is 1. The van der Waals surface area contributed by atoms with Gasteiger partial charge in [0, 0.05) is 16.5 Å². The number of hydrogen-bond acceptors (Lipinski definition) is 2. The maximum absolute atomic E-state index is 12.0. The number of rotatable bonds is 4. The molecule has 2 aromatic rings. The molecule has 1 N–H and O–H groups in total. The van der Waals surface area contributed by atoms with E-state index in [-0.39, 0.29) is 12.2 Å². The van der Waals surface area contributed by atoms with Crippen LogP contribution in [0.15, 0.2) is 59.1 Å². The fourth-order valence-corrected chi connectivity index (χ4v) is 2.15. The van der Waals surface area contributed by atoms with E-state index in [1.54, 1.807) is 12.1 Å². The minimum absolute atomic E-state index is 0.0624. The van der Waals surface area contributed by atoms with Gasteiger partial charge in [-0.25, -0.2) is 0 Å². The Morgan fingerprint density at radius 1 is 1.11 bits per heavy atom. The van der Waals surface area contributed by atoms with Crippen molar-refractivity contribution in [1.82, 2.24) is 0 Å². The lowest BCUT2D eigenvalue weighted by molar-refractivity contribution is 0.0880. The molecule has 0 fully saturated rings. The van der Waals surface area contributed by atoms with Crippen LogP contribution in [-0.2, 0) is 0 Å².